The molecule has 14 heteroatoms. The molecule has 0 aliphatic carbocycles. The maximum atomic E-state index is 13.7. The van der Waals surface area contributed by atoms with Gasteiger partial charge in [-0.3, -0.25) is 29.0 Å². The Bertz CT molecular complexity index is 1670. The SMILES string of the molecule is CCCOCCOCCN1CCNC(=O)c2cccc(c2C)C(=O)NCCN(CCO)CCNC(=O)c2cccc(c2OCc2ccccc2)C(=O)NCC1. The van der Waals surface area contributed by atoms with Crippen molar-refractivity contribution in [2.45, 2.75) is 26.9 Å². The number of rotatable bonds is 13. The van der Waals surface area contributed by atoms with Crippen molar-refractivity contribution in [1.29, 1.82) is 0 Å². The fourth-order valence-electron chi connectivity index (χ4n) is 6.07. The largest absolute Gasteiger partial charge is 0.487 e. The normalized spacial score (nSPS) is 16.0. The minimum Gasteiger partial charge on any atom is -0.487 e. The number of nitrogens with one attached hydrogen (secondary N) is 4. The van der Waals surface area contributed by atoms with Crippen LogP contribution in [0.1, 0.15) is 65.9 Å². The average molecular weight is 761 g/mol. The van der Waals surface area contributed by atoms with E-state index in [9.17, 15) is 24.3 Å². The van der Waals surface area contributed by atoms with E-state index in [1.54, 1.807) is 43.3 Å². The standard InChI is InChI=1S/C41H56N6O8/c1-3-26-53-28-29-54-27-24-47-21-17-43-39(50)34-12-7-11-33(31(34)2)38(49)42-15-19-46(23-25-48)20-16-44-40(51)35-13-8-14-36(41(52)45-18-22-47)37(35)55-30-32-9-5-4-6-10-32/h4-14,48H,3,15-30H2,1-2H3,(H,42,49)(H,43,50)(H,44,51)(H,45,52). The molecule has 14 nitrogen and oxygen atoms in total. The molecule has 0 atom stereocenters. The highest BCUT2D eigenvalue weighted by Gasteiger charge is 2.22. The fraction of sp³-hybridized carbons (Fsp3) is 0.463. The second kappa shape index (κ2) is 23.8. The molecule has 4 bridgehead atoms. The van der Waals surface area contributed by atoms with Gasteiger partial charge in [0.15, 0.2) is 0 Å². The molecule has 4 rings (SSSR count). The summed E-state index contributed by atoms with van der Waals surface area (Å²) in [5.74, 6) is -1.24. The highest BCUT2D eigenvalue weighted by atomic mass is 16.5. The summed E-state index contributed by atoms with van der Waals surface area (Å²) < 4.78 is 17.5. The van der Waals surface area contributed by atoms with Crippen molar-refractivity contribution in [3.8, 4) is 5.75 Å². The molecule has 0 unspecified atom stereocenters. The number of aliphatic hydroxyl groups excluding tert-OH is 1. The van der Waals surface area contributed by atoms with Gasteiger partial charge < -0.3 is 40.6 Å². The van der Waals surface area contributed by atoms with Gasteiger partial charge >= 0.3 is 0 Å². The maximum Gasteiger partial charge on any atom is 0.255 e. The van der Waals surface area contributed by atoms with Crippen LogP contribution < -0.4 is 26.0 Å². The number of ether oxygens (including phenoxy) is 3. The third-order valence-electron chi connectivity index (χ3n) is 9.10. The van der Waals surface area contributed by atoms with Gasteiger partial charge in [-0.15, -0.1) is 0 Å². The lowest BCUT2D eigenvalue weighted by molar-refractivity contribution is 0.0389. The maximum absolute atomic E-state index is 13.7. The second-order valence-electron chi connectivity index (χ2n) is 13.1. The Labute approximate surface area is 323 Å². The van der Waals surface area contributed by atoms with Crippen LogP contribution in [0.15, 0.2) is 66.7 Å². The van der Waals surface area contributed by atoms with Crippen molar-refractivity contribution < 1.29 is 38.5 Å². The Hall–Kier alpha value is -4.86. The summed E-state index contributed by atoms with van der Waals surface area (Å²) in [5, 5.41) is 21.5. The van der Waals surface area contributed by atoms with E-state index in [4.69, 9.17) is 14.2 Å². The molecule has 3 aromatic carbocycles. The van der Waals surface area contributed by atoms with Gasteiger partial charge in [0, 0.05) is 83.2 Å². The number of nitrogens with zero attached hydrogens (tertiary/aromatic N) is 2. The van der Waals surface area contributed by atoms with Crippen LogP contribution in [-0.2, 0) is 16.1 Å². The number of fused-ring (bicyclic) bond motifs is 4. The first kappa shape index (κ1) is 42.9. The lowest BCUT2D eigenvalue weighted by Crippen LogP contribution is -2.41. The number of aliphatic hydroxyl groups is 1. The first-order chi connectivity index (χ1) is 26.8. The molecular weight excluding hydrogens is 704 g/mol. The van der Waals surface area contributed by atoms with E-state index in [1.165, 1.54) is 0 Å². The van der Waals surface area contributed by atoms with Crippen LogP contribution in [0.5, 0.6) is 5.75 Å². The zero-order chi connectivity index (χ0) is 39.3. The lowest BCUT2D eigenvalue weighted by atomic mass is 10.0. The Morgan fingerprint density at radius 3 is 1.53 bits per heavy atom. The molecule has 0 spiro atoms. The highest BCUT2D eigenvalue weighted by molar-refractivity contribution is 6.04. The number of amides is 4. The van der Waals surface area contributed by atoms with E-state index in [2.05, 4.69) is 26.2 Å². The van der Waals surface area contributed by atoms with Crippen molar-refractivity contribution in [3.63, 3.8) is 0 Å². The van der Waals surface area contributed by atoms with Gasteiger partial charge in [-0.1, -0.05) is 49.4 Å². The fourth-order valence-corrected chi connectivity index (χ4v) is 6.07. The molecule has 0 radical (unpaired) electrons. The van der Waals surface area contributed by atoms with E-state index in [0.29, 0.717) is 88.9 Å². The van der Waals surface area contributed by atoms with Crippen LogP contribution in [0, 0.1) is 6.92 Å². The first-order valence-corrected chi connectivity index (χ1v) is 19.1. The molecule has 5 N–H and O–H groups in total. The summed E-state index contributed by atoms with van der Waals surface area (Å²) in [7, 11) is 0. The molecule has 0 aromatic heterocycles. The molecular formula is C41H56N6O8. The molecule has 55 heavy (non-hydrogen) atoms. The van der Waals surface area contributed by atoms with Crippen LogP contribution in [0.4, 0.5) is 0 Å². The summed E-state index contributed by atoms with van der Waals surface area (Å²) in [5.41, 5.74) is 2.68. The predicted octanol–water partition coefficient (Wildman–Crippen LogP) is 2.25. The molecule has 1 heterocycles. The number of hydrogen-bond donors (Lipinski definition) is 5. The summed E-state index contributed by atoms with van der Waals surface area (Å²) in [4.78, 5) is 57.9. The third kappa shape index (κ3) is 14.1. The molecule has 0 saturated carbocycles. The van der Waals surface area contributed by atoms with Gasteiger partial charge in [0.25, 0.3) is 23.6 Å². The van der Waals surface area contributed by atoms with Crippen molar-refractivity contribution >= 4 is 23.6 Å². The Morgan fingerprint density at radius 2 is 1.04 bits per heavy atom. The zero-order valence-corrected chi connectivity index (χ0v) is 32.1. The third-order valence-corrected chi connectivity index (χ3v) is 9.10. The van der Waals surface area contributed by atoms with Gasteiger partial charge in [-0.2, -0.15) is 0 Å². The molecule has 0 fully saturated rings. The van der Waals surface area contributed by atoms with Gasteiger partial charge in [-0.25, -0.2) is 0 Å². The average Bonchev–Trinajstić information content (AvgIpc) is 3.19. The number of carbonyl (C=O) groups is 4. The number of carbonyl (C=O) groups excluding carboxylic acids is 4. The van der Waals surface area contributed by atoms with E-state index < -0.39 is 11.8 Å². The smallest absolute Gasteiger partial charge is 0.255 e. The molecule has 1 aliphatic heterocycles. The van der Waals surface area contributed by atoms with Gasteiger partial charge in [0.05, 0.1) is 37.6 Å². The molecule has 0 saturated heterocycles. The van der Waals surface area contributed by atoms with Crippen molar-refractivity contribution in [1.82, 2.24) is 31.1 Å². The second-order valence-corrected chi connectivity index (χ2v) is 13.1. The van der Waals surface area contributed by atoms with Gasteiger partial charge in [0.2, 0.25) is 0 Å². The summed E-state index contributed by atoms with van der Waals surface area (Å²) >= 11 is 0. The van der Waals surface area contributed by atoms with E-state index in [1.807, 2.05) is 42.2 Å². The quantitative estimate of drug-likeness (QED) is 0.163. The van der Waals surface area contributed by atoms with Gasteiger partial charge in [0.1, 0.15) is 12.4 Å². The van der Waals surface area contributed by atoms with Crippen molar-refractivity contribution in [2.75, 3.05) is 98.5 Å². The van der Waals surface area contributed by atoms with E-state index >= 15 is 0 Å². The topological polar surface area (TPSA) is 171 Å². The van der Waals surface area contributed by atoms with Crippen LogP contribution in [0.2, 0.25) is 0 Å². The number of benzene rings is 3. The molecule has 1 aliphatic rings. The van der Waals surface area contributed by atoms with Crippen LogP contribution in [-0.4, -0.2) is 137 Å². The molecule has 4 amide bonds. The summed E-state index contributed by atoms with van der Waals surface area (Å²) in [6.45, 7) is 9.64. The minimum atomic E-state index is -0.409. The van der Waals surface area contributed by atoms with E-state index in [0.717, 1.165) is 12.0 Å². The minimum absolute atomic E-state index is 0.104. The van der Waals surface area contributed by atoms with Crippen LogP contribution in [0.25, 0.3) is 0 Å². The Balaban J connectivity index is 1.55. The predicted molar refractivity (Wildman–Crippen MR) is 210 cm³/mol. The first-order valence-electron chi connectivity index (χ1n) is 19.1. The Kier molecular flexibility index (Phi) is 18.6. The number of para-hydroxylation sites is 1. The van der Waals surface area contributed by atoms with Crippen LogP contribution in [0.3, 0.4) is 0 Å². The zero-order valence-electron chi connectivity index (χ0n) is 32.1. The summed E-state index contributed by atoms with van der Waals surface area (Å²) in [6.07, 6.45) is 0.936. The number of hydrogen-bond acceptors (Lipinski definition) is 10. The lowest BCUT2D eigenvalue weighted by Gasteiger charge is -2.23. The summed E-state index contributed by atoms with van der Waals surface area (Å²) in [6, 6.07) is 19.5. The van der Waals surface area contributed by atoms with Crippen molar-refractivity contribution in [3.05, 3.63) is 100 Å². The highest BCUT2D eigenvalue weighted by Crippen LogP contribution is 2.26. The van der Waals surface area contributed by atoms with Crippen LogP contribution >= 0.6 is 0 Å². The number of β-amino-alcohol motifs (C(OH)–C–C–N with tert-alkyl or cyclic N) is 1. The molecule has 298 valence electrons. The molecule has 3 aromatic rings. The Morgan fingerprint density at radius 1 is 0.582 bits per heavy atom. The van der Waals surface area contributed by atoms with Crippen molar-refractivity contribution in [2.24, 2.45) is 0 Å². The van der Waals surface area contributed by atoms with E-state index in [-0.39, 0.29) is 61.5 Å². The monoisotopic (exact) mass is 760 g/mol. The van der Waals surface area contributed by atoms with Gasteiger partial charge in [-0.05, 0) is 48.7 Å².